The molecule has 25 heavy (non-hydrogen) atoms. The van der Waals surface area contributed by atoms with Crippen LogP contribution in [-0.2, 0) is 0 Å². The van der Waals surface area contributed by atoms with Crippen molar-refractivity contribution < 1.29 is 14.9 Å². The maximum absolute atomic E-state index is 10.1. The molecule has 1 fully saturated rings. The van der Waals surface area contributed by atoms with Crippen molar-refractivity contribution in [2.24, 2.45) is 0 Å². The van der Waals surface area contributed by atoms with E-state index in [-0.39, 0.29) is 6.61 Å². The Bertz CT molecular complexity index is 703. The lowest BCUT2D eigenvalue weighted by molar-refractivity contribution is 0.0913. The standard InChI is InChI=1S/C20H25NO3S/c22-13-18(23)17-4-1-3-16-14(7-9-24-20(16)17)11-21-8-6-15(12-21)19-5-2-10-25-19/h1-5,10,14-15,18,22-23H,6-9,11-13H2. The van der Waals surface area contributed by atoms with E-state index >= 15 is 0 Å². The minimum absolute atomic E-state index is 0.279. The van der Waals surface area contributed by atoms with Gasteiger partial charge >= 0.3 is 0 Å². The van der Waals surface area contributed by atoms with Crippen molar-refractivity contribution in [1.29, 1.82) is 0 Å². The maximum atomic E-state index is 10.1. The van der Waals surface area contributed by atoms with E-state index < -0.39 is 6.10 Å². The fourth-order valence-corrected chi connectivity index (χ4v) is 4.99. The van der Waals surface area contributed by atoms with Crippen LogP contribution in [0.15, 0.2) is 35.7 Å². The lowest BCUT2D eigenvalue weighted by Gasteiger charge is -2.31. The topological polar surface area (TPSA) is 52.9 Å². The molecule has 0 radical (unpaired) electrons. The van der Waals surface area contributed by atoms with Gasteiger partial charge < -0.3 is 19.8 Å². The van der Waals surface area contributed by atoms with Crippen LogP contribution in [0.25, 0.3) is 0 Å². The van der Waals surface area contributed by atoms with Crippen LogP contribution in [0.3, 0.4) is 0 Å². The summed E-state index contributed by atoms with van der Waals surface area (Å²) >= 11 is 1.87. The fourth-order valence-electron chi connectivity index (χ4n) is 4.14. The van der Waals surface area contributed by atoms with Crippen molar-refractivity contribution in [3.8, 4) is 5.75 Å². The molecule has 2 aromatic rings. The number of ether oxygens (including phenoxy) is 1. The summed E-state index contributed by atoms with van der Waals surface area (Å²) in [6.45, 7) is 3.71. The molecule has 5 heteroatoms. The van der Waals surface area contributed by atoms with Crippen molar-refractivity contribution in [1.82, 2.24) is 4.90 Å². The molecular formula is C20H25NO3S. The zero-order valence-corrected chi connectivity index (χ0v) is 15.1. The fraction of sp³-hybridized carbons (Fsp3) is 0.500. The molecule has 134 valence electrons. The van der Waals surface area contributed by atoms with Gasteiger partial charge in [-0.1, -0.05) is 24.3 Å². The number of hydrogen-bond donors (Lipinski definition) is 2. The molecule has 2 aliphatic heterocycles. The Morgan fingerprint density at radius 1 is 1.24 bits per heavy atom. The van der Waals surface area contributed by atoms with Gasteiger partial charge in [0.25, 0.3) is 0 Å². The number of fused-ring (bicyclic) bond motifs is 1. The van der Waals surface area contributed by atoms with Crippen LogP contribution in [0.1, 0.15) is 46.8 Å². The van der Waals surface area contributed by atoms with Gasteiger partial charge in [0.1, 0.15) is 11.9 Å². The Kier molecular flexibility index (Phi) is 5.08. The molecule has 4 rings (SSSR count). The molecule has 3 heterocycles. The normalized spacial score (nSPS) is 24.7. The molecule has 3 unspecified atom stereocenters. The molecule has 3 atom stereocenters. The molecule has 0 spiro atoms. The molecule has 0 amide bonds. The SMILES string of the molecule is OCC(O)c1cccc2c1OCCC2CN1CCC(c2cccs2)C1. The molecule has 2 N–H and O–H groups in total. The van der Waals surface area contributed by atoms with E-state index in [0.29, 0.717) is 24.0 Å². The predicted octanol–water partition coefficient (Wildman–Crippen LogP) is 3.13. The third kappa shape index (κ3) is 3.47. The first-order chi connectivity index (χ1) is 12.3. The largest absolute Gasteiger partial charge is 0.493 e. The van der Waals surface area contributed by atoms with Gasteiger partial charge in [-0.05, 0) is 36.4 Å². The Morgan fingerprint density at radius 2 is 2.16 bits per heavy atom. The Labute approximate surface area is 152 Å². The summed E-state index contributed by atoms with van der Waals surface area (Å²) in [5, 5.41) is 21.5. The molecule has 2 aliphatic rings. The van der Waals surface area contributed by atoms with Crippen LogP contribution in [0.2, 0.25) is 0 Å². The predicted molar refractivity (Wildman–Crippen MR) is 99.5 cm³/mol. The van der Waals surface area contributed by atoms with Crippen LogP contribution in [-0.4, -0.2) is 48.0 Å². The second-order valence-corrected chi connectivity index (χ2v) is 8.04. The van der Waals surface area contributed by atoms with E-state index in [1.807, 2.05) is 23.5 Å². The molecular weight excluding hydrogens is 334 g/mol. The van der Waals surface area contributed by atoms with E-state index in [0.717, 1.165) is 31.8 Å². The number of aliphatic hydroxyl groups is 2. The molecule has 4 nitrogen and oxygen atoms in total. The van der Waals surface area contributed by atoms with Crippen molar-refractivity contribution >= 4 is 11.3 Å². The van der Waals surface area contributed by atoms with Crippen LogP contribution in [0, 0.1) is 0 Å². The number of nitrogens with zero attached hydrogens (tertiary/aromatic N) is 1. The summed E-state index contributed by atoms with van der Waals surface area (Å²) in [6, 6.07) is 10.3. The van der Waals surface area contributed by atoms with E-state index in [9.17, 15) is 10.2 Å². The van der Waals surface area contributed by atoms with Gasteiger partial charge in [0.2, 0.25) is 0 Å². The van der Waals surface area contributed by atoms with E-state index in [1.54, 1.807) is 0 Å². The number of benzene rings is 1. The molecule has 1 aromatic carbocycles. The zero-order valence-electron chi connectivity index (χ0n) is 14.3. The third-order valence-corrected chi connectivity index (χ3v) is 6.49. The summed E-state index contributed by atoms with van der Waals surface area (Å²) in [4.78, 5) is 4.07. The average Bonchev–Trinajstić information content (AvgIpc) is 3.32. The summed E-state index contributed by atoms with van der Waals surface area (Å²) in [7, 11) is 0. The highest BCUT2D eigenvalue weighted by atomic mass is 32.1. The van der Waals surface area contributed by atoms with Crippen molar-refractivity contribution in [3.05, 3.63) is 51.7 Å². The second kappa shape index (κ2) is 7.46. The summed E-state index contributed by atoms with van der Waals surface area (Å²) in [6.07, 6.45) is 1.37. The zero-order chi connectivity index (χ0) is 17.2. The number of thiophene rings is 1. The van der Waals surface area contributed by atoms with Gasteiger partial charge in [0, 0.05) is 35.4 Å². The summed E-state index contributed by atoms with van der Waals surface area (Å²) in [5.74, 6) is 1.88. The molecule has 0 bridgehead atoms. The number of aliphatic hydroxyl groups excluding tert-OH is 2. The quantitative estimate of drug-likeness (QED) is 0.861. The molecule has 1 saturated heterocycles. The van der Waals surface area contributed by atoms with Gasteiger partial charge in [0.15, 0.2) is 0 Å². The van der Waals surface area contributed by atoms with Crippen LogP contribution >= 0.6 is 11.3 Å². The van der Waals surface area contributed by atoms with Crippen molar-refractivity contribution in [2.75, 3.05) is 32.8 Å². The Morgan fingerprint density at radius 3 is 2.96 bits per heavy atom. The molecule has 1 aromatic heterocycles. The Balaban J connectivity index is 1.48. The minimum atomic E-state index is -0.872. The molecule has 0 aliphatic carbocycles. The van der Waals surface area contributed by atoms with Gasteiger partial charge in [0.05, 0.1) is 13.2 Å². The highest BCUT2D eigenvalue weighted by Crippen LogP contribution is 2.40. The average molecular weight is 359 g/mol. The molecule has 0 saturated carbocycles. The number of likely N-dealkylation sites (tertiary alicyclic amines) is 1. The summed E-state index contributed by atoms with van der Waals surface area (Å²) in [5.41, 5.74) is 1.89. The minimum Gasteiger partial charge on any atom is -0.493 e. The van der Waals surface area contributed by atoms with Crippen molar-refractivity contribution in [2.45, 2.75) is 30.8 Å². The number of rotatable bonds is 5. The van der Waals surface area contributed by atoms with Gasteiger partial charge in [-0.3, -0.25) is 0 Å². The lowest BCUT2D eigenvalue weighted by atomic mass is 9.89. The smallest absolute Gasteiger partial charge is 0.128 e. The Hall–Kier alpha value is -1.40. The maximum Gasteiger partial charge on any atom is 0.128 e. The van der Waals surface area contributed by atoms with Crippen LogP contribution in [0.4, 0.5) is 0 Å². The highest BCUT2D eigenvalue weighted by Gasteiger charge is 2.30. The monoisotopic (exact) mass is 359 g/mol. The van der Waals surface area contributed by atoms with Crippen LogP contribution < -0.4 is 4.74 Å². The second-order valence-electron chi connectivity index (χ2n) is 7.06. The van der Waals surface area contributed by atoms with Gasteiger partial charge in [-0.15, -0.1) is 11.3 Å². The number of para-hydroxylation sites is 1. The first-order valence-corrected chi connectivity index (χ1v) is 9.94. The first-order valence-electron chi connectivity index (χ1n) is 9.06. The van der Waals surface area contributed by atoms with E-state index in [1.165, 1.54) is 16.9 Å². The van der Waals surface area contributed by atoms with Gasteiger partial charge in [-0.2, -0.15) is 0 Å². The van der Waals surface area contributed by atoms with E-state index in [2.05, 4.69) is 28.5 Å². The number of hydrogen-bond acceptors (Lipinski definition) is 5. The first kappa shape index (κ1) is 17.0. The summed E-state index contributed by atoms with van der Waals surface area (Å²) < 4.78 is 5.86. The third-order valence-electron chi connectivity index (χ3n) is 5.46. The lowest BCUT2D eigenvalue weighted by Crippen LogP contribution is -2.29. The highest BCUT2D eigenvalue weighted by molar-refractivity contribution is 7.10. The van der Waals surface area contributed by atoms with E-state index in [4.69, 9.17) is 4.74 Å². The van der Waals surface area contributed by atoms with Crippen LogP contribution in [0.5, 0.6) is 5.75 Å². The van der Waals surface area contributed by atoms with Gasteiger partial charge in [-0.25, -0.2) is 0 Å². The van der Waals surface area contributed by atoms with Crippen molar-refractivity contribution in [3.63, 3.8) is 0 Å².